The minimum absolute atomic E-state index is 0.432. The molecule has 0 aliphatic heterocycles. The van der Waals surface area contributed by atoms with Crippen LogP contribution in [0.15, 0.2) is 36.5 Å². The summed E-state index contributed by atoms with van der Waals surface area (Å²) in [7, 11) is 0. The van der Waals surface area contributed by atoms with Gasteiger partial charge in [0.05, 0.1) is 5.52 Å². The van der Waals surface area contributed by atoms with Crippen molar-refractivity contribution in [1.82, 2.24) is 4.98 Å². The lowest BCUT2D eigenvalue weighted by Crippen LogP contribution is -2.33. The van der Waals surface area contributed by atoms with Crippen LogP contribution in [0.5, 0.6) is 0 Å². The number of pyridine rings is 1. The minimum Gasteiger partial charge on any atom is -0.385 e. The second-order valence-corrected chi connectivity index (χ2v) is 3.71. The van der Waals surface area contributed by atoms with Gasteiger partial charge in [0.15, 0.2) is 6.10 Å². The first-order chi connectivity index (χ1) is 8.11. The first-order valence-corrected chi connectivity index (χ1v) is 5.10. The van der Waals surface area contributed by atoms with Crippen molar-refractivity contribution in [1.29, 1.82) is 0 Å². The zero-order valence-electron chi connectivity index (χ0n) is 8.95. The van der Waals surface area contributed by atoms with E-state index in [0.29, 0.717) is 16.5 Å². The average molecular weight is 232 g/mol. The van der Waals surface area contributed by atoms with Crippen LogP contribution >= 0.6 is 0 Å². The molecule has 88 valence electrons. The number of nitrogens with zero attached hydrogens (tertiary/aromatic N) is 1. The van der Waals surface area contributed by atoms with Crippen molar-refractivity contribution in [2.24, 2.45) is 5.73 Å². The number of hydrogen-bond donors (Lipinski definition) is 3. The summed E-state index contributed by atoms with van der Waals surface area (Å²) in [4.78, 5) is 15.0. The van der Waals surface area contributed by atoms with Gasteiger partial charge >= 0.3 is 0 Å². The summed E-state index contributed by atoms with van der Waals surface area (Å²) in [5.41, 5.74) is 6.07. The van der Waals surface area contributed by atoms with E-state index in [9.17, 15) is 15.0 Å². The Balaban J connectivity index is 2.52. The molecule has 2 unspecified atom stereocenters. The smallest absolute Gasteiger partial charge is 0.249 e. The van der Waals surface area contributed by atoms with E-state index in [0.717, 1.165) is 0 Å². The number of amides is 1. The normalized spacial score (nSPS) is 14.5. The molecular weight excluding hydrogens is 220 g/mol. The van der Waals surface area contributed by atoms with Gasteiger partial charge in [-0.25, -0.2) is 0 Å². The zero-order valence-corrected chi connectivity index (χ0v) is 8.95. The first-order valence-electron chi connectivity index (χ1n) is 5.10. The Labute approximate surface area is 97.5 Å². The molecule has 0 fully saturated rings. The summed E-state index contributed by atoms with van der Waals surface area (Å²) in [6.45, 7) is 0. The SMILES string of the molecule is NC(=O)C(O)C(O)c1cccc2ncccc12. The summed E-state index contributed by atoms with van der Waals surface area (Å²) in [5, 5.41) is 20.0. The zero-order chi connectivity index (χ0) is 12.4. The highest BCUT2D eigenvalue weighted by molar-refractivity contribution is 5.85. The molecule has 0 saturated heterocycles. The number of primary amides is 1. The van der Waals surface area contributed by atoms with Crippen LogP contribution in [0.3, 0.4) is 0 Å². The first kappa shape index (κ1) is 11.5. The fourth-order valence-electron chi connectivity index (χ4n) is 1.71. The monoisotopic (exact) mass is 232 g/mol. The maximum atomic E-state index is 10.8. The van der Waals surface area contributed by atoms with Crippen molar-refractivity contribution < 1.29 is 15.0 Å². The molecule has 1 heterocycles. The molecule has 0 aliphatic rings. The van der Waals surface area contributed by atoms with Crippen LogP contribution in [-0.2, 0) is 4.79 Å². The van der Waals surface area contributed by atoms with Crippen molar-refractivity contribution in [3.05, 3.63) is 42.1 Å². The largest absolute Gasteiger partial charge is 0.385 e. The lowest BCUT2D eigenvalue weighted by Gasteiger charge is -2.16. The summed E-state index contributed by atoms with van der Waals surface area (Å²) in [6, 6.07) is 8.58. The van der Waals surface area contributed by atoms with Gasteiger partial charge in [-0.05, 0) is 17.7 Å². The molecule has 1 amide bonds. The van der Waals surface area contributed by atoms with Crippen molar-refractivity contribution in [2.45, 2.75) is 12.2 Å². The third-order valence-electron chi connectivity index (χ3n) is 2.59. The van der Waals surface area contributed by atoms with E-state index in [4.69, 9.17) is 5.73 Å². The number of hydrogen-bond acceptors (Lipinski definition) is 4. The molecule has 5 nitrogen and oxygen atoms in total. The molecule has 1 aromatic heterocycles. The molecular formula is C12H12N2O3. The Bertz CT molecular complexity index is 551. The van der Waals surface area contributed by atoms with Crippen LogP contribution < -0.4 is 5.73 Å². The third kappa shape index (κ3) is 2.11. The number of fused-ring (bicyclic) bond motifs is 1. The van der Waals surface area contributed by atoms with Crippen LogP contribution in [0.2, 0.25) is 0 Å². The van der Waals surface area contributed by atoms with Crippen LogP contribution in [0.4, 0.5) is 0 Å². The lowest BCUT2D eigenvalue weighted by molar-refractivity contribution is -0.131. The van der Waals surface area contributed by atoms with E-state index in [1.165, 1.54) is 0 Å². The van der Waals surface area contributed by atoms with Gasteiger partial charge < -0.3 is 15.9 Å². The van der Waals surface area contributed by atoms with Crippen molar-refractivity contribution in [2.75, 3.05) is 0 Å². The summed E-state index contributed by atoms with van der Waals surface area (Å²) < 4.78 is 0. The number of benzene rings is 1. The Hall–Kier alpha value is -1.98. The molecule has 0 radical (unpaired) electrons. The number of carbonyl (C=O) groups excluding carboxylic acids is 1. The second kappa shape index (κ2) is 4.48. The molecule has 17 heavy (non-hydrogen) atoms. The number of rotatable bonds is 3. The molecule has 2 atom stereocenters. The predicted molar refractivity (Wildman–Crippen MR) is 61.9 cm³/mol. The van der Waals surface area contributed by atoms with Crippen molar-refractivity contribution in [3.63, 3.8) is 0 Å². The van der Waals surface area contributed by atoms with Crippen LogP contribution in [-0.4, -0.2) is 27.2 Å². The minimum atomic E-state index is -1.62. The number of aromatic nitrogens is 1. The molecule has 0 spiro atoms. The molecule has 0 bridgehead atoms. The standard InChI is InChI=1S/C12H12N2O3/c13-12(17)11(16)10(15)8-3-1-5-9-7(8)4-2-6-14-9/h1-6,10-11,15-16H,(H2,13,17). The van der Waals surface area contributed by atoms with E-state index in [-0.39, 0.29) is 0 Å². The summed E-state index contributed by atoms with van der Waals surface area (Å²) in [5.74, 6) is -0.960. The highest BCUT2D eigenvalue weighted by atomic mass is 16.3. The van der Waals surface area contributed by atoms with Crippen molar-refractivity contribution >= 4 is 16.8 Å². The van der Waals surface area contributed by atoms with Crippen molar-refractivity contribution in [3.8, 4) is 0 Å². The topological polar surface area (TPSA) is 96.4 Å². The number of carbonyl (C=O) groups is 1. The Morgan fingerprint density at radius 1 is 1.24 bits per heavy atom. The maximum absolute atomic E-state index is 10.8. The Morgan fingerprint density at radius 2 is 2.00 bits per heavy atom. The van der Waals surface area contributed by atoms with Gasteiger partial charge in [-0.1, -0.05) is 18.2 Å². The number of nitrogens with two attached hydrogens (primary N) is 1. The molecule has 0 saturated carbocycles. The maximum Gasteiger partial charge on any atom is 0.249 e. The molecule has 1 aromatic carbocycles. The van der Waals surface area contributed by atoms with Gasteiger partial charge in [-0.3, -0.25) is 9.78 Å². The van der Waals surface area contributed by atoms with Gasteiger partial charge in [0.1, 0.15) is 6.10 Å². The molecule has 4 N–H and O–H groups in total. The average Bonchev–Trinajstić information content (AvgIpc) is 2.36. The molecule has 2 aromatic rings. The fourth-order valence-corrected chi connectivity index (χ4v) is 1.71. The van der Waals surface area contributed by atoms with E-state index in [2.05, 4.69) is 4.98 Å². The summed E-state index contributed by atoms with van der Waals surface area (Å²) in [6.07, 6.45) is -1.34. The third-order valence-corrected chi connectivity index (χ3v) is 2.59. The van der Waals surface area contributed by atoms with E-state index in [1.807, 2.05) is 0 Å². The van der Waals surface area contributed by atoms with Gasteiger partial charge in [-0.15, -0.1) is 0 Å². The van der Waals surface area contributed by atoms with Gasteiger partial charge in [0.25, 0.3) is 0 Å². The van der Waals surface area contributed by atoms with Gasteiger partial charge in [0.2, 0.25) is 5.91 Å². The van der Waals surface area contributed by atoms with Crippen LogP contribution in [0.1, 0.15) is 11.7 Å². The molecule has 0 aliphatic carbocycles. The highest BCUT2D eigenvalue weighted by Gasteiger charge is 2.24. The lowest BCUT2D eigenvalue weighted by atomic mass is 9.99. The molecule has 5 heteroatoms. The number of aliphatic hydroxyl groups is 2. The highest BCUT2D eigenvalue weighted by Crippen LogP contribution is 2.24. The Morgan fingerprint density at radius 3 is 2.71 bits per heavy atom. The van der Waals surface area contributed by atoms with Gasteiger partial charge in [0, 0.05) is 11.6 Å². The Kier molecular flexibility index (Phi) is 3.03. The molecule has 2 rings (SSSR count). The number of aliphatic hydroxyl groups excluding tert-OH is 2. The predicted octanol–water partition coefficient (Wildman–Crippen LogP) is 0.114. The fraction of sp³-hybridized carbons (Fsp3) is 0.167. The van der Waals surface area contributed by atoms with E-state index in [1.54, 1.807) is 36.5 Å². The van der Waals surface area contributed by atoms with E-state index < -0.39 is 18.1 Å². The summed E-state index contributed by atoms with van der Waals surface area (Å²) >= 11 is 0. The van der Waals surface area contributed by atoms with Crippen LogP contribution in [0, 0.1) is 0 Å². The van der Waals surface area contributed by atoms with Gasteiger partial charge in [-0.2, -0.15) is 0 Å². The van der Waals surface area contributed by atoms with Crippen LogP contribution in [0.25, 0.3) is 10.9 Å². The van der Waals surface area contributed by atoms with E-state index >= 15 is 0 Å². The quantitative estimate of drug-likeness (QED) is 0.700. The second-order valence-electron chi connectivity index (χ2n) is 3.71.